The van der Waals surface area contributed by atoms with Crippen molar-refractivity contribution in [3.8, 4) is 0 Å². The van der Waals surface area contributed by atoms with E-state index in [4.69, 9.17) is 0 Å². The number of carboxylic acid groups (broad SMARTS) is 1. The molecule has 2 aliphatic rings. The van der Waals surface area contributed by atoms with Gasteiger partial charge in [0.1, 0.15) is 11.6 Å². The van der Waals surface area contributed by atoms with Gasteiger partial charge in [-0.05, 0) is 51.3 Å². The first kappa shape index (κ1) is 21.3. The predicted molar refractivity (Wildman–Crippen MR) is 105 cm³/mol. The number of Topliss-reactive ketones (excluding diaryl/α,β-unsaturated/α-hetero) is 2. The molecule has 5 heteroatoms. The number of carbonyl (C=O) groups excluding carboxylic acids is 2. The molecule has 1 aromatic carbocycles. The lowest BCUT2D eigenvalue weighted by atomic mass is 9.60. The smallest absolute Gasteiger partial charge is 0.314 e. The lowest BCUT2D eigenvalue weighted by Gasteiger charge is -2.41. The molecule has 3 rings (SSSR count). The fourth-order valence-electron chi connectivity index (χ4n) is 4.26. The second-order valence-corrected chi connectivity index (χ2v) is 7.64. The molecule has 2 fully saturated rings. The molecule has 0 saturated heterocycles. The molecule has 27 heavy (non-hydrogen) atoms. The Kier molecular flexibility index (Phi) is 7.31. The number of nitrogens with one attached hydrogen (secondary N) is 1. The molecule has 0 aliphatic heterocycles. The largest absolute Gasteiger partial charge is 0.481 e. The van der Waals surface area contributed by atoms with Crippen LogP contribution < -0.4 is 5.32 Å². The third-order valence-electron chi connectivity index (χ3n) is 6.12. The maximum atomic E-state index is 12.1. The molecule has 0 atom stereocenters. The van der Waals surface area contributed by atoms with Gasteiger partial charge in [-0.3, -0.25) is 14.4 Å². The van der Waals surface area contributed by atoms with Crippen molar-refractivity contribution in [2.45, 2.75) is 63.7 Å². The van der Waals surface area contributed by atoms with Crippen molar-refractivity contribution in [2.75, 3.05) is 13.6 Å². The van der Waals surface area contributed by atoms with Crippen LogP contribution in [0.2, 0.25) is 0 Å². The van der Waals surface area contributed by atoms with Gasteiger partial charge in [0.05, 0.1) is 10.8 Å². The number of carboxylic acids is 1. The Balaban J connectivity index is 0.000000380. The lowest BCUT2D eigenvalue weighted by Crippen LogP contribution is -2.46. The van der Waals surface area contributed by atoms with Gasteiger partial charge in [0.25, 0.3) is 0 Å². The van der Waals surface area contributed by atoms with Gasteiger partial charge in [0.2, 0.25) is 0 Å². The second kappa shape index (κ2) is 9.27. The molecule has 5 nitrogen and oxygen atoms in total. The highest BCUT2D eigenvalue weighted by Crippen LogP contribution is 2.51. The van der Waals surface area contributed by atoms with Gasteiger partial charge in [-0.2, -0.15) is 0 Å². The Morgan fingerprint density at radius 2 is 1.59 bits per heavy atom. The second-order valence-electron chi connectivity index (χ2n) is 7.64. The summed E-state index contributed by atoms with van der Waals surface area (Å²) in [7, 11) is 1.98. The number of hydrogen-bond acceptors (Lipinski definition) is 4. The summed E-state index contributed by atoms with van der Waals surface area (Å²) >= 11 is 0. The highest BCUT2D eigenvalue weighted by atomic mass is 16.4. The van der Waals surface area contributed by atoms with Crippen molar-refractivity contribution in [1.82, 2.24) is 5.32 Å². The zero-order valence-electron chi connectivity index (χ0n) is 16.4. The van der Waals surface area contributed by atoms with E-state index in [1.807, 2.05) is 37.4 Å². The van der Waals surface area contributed by atoms with Crippen LogP contribution in [0.15, 0.2) is 30.3 Å². The third-order valence-corrected chi connectivity index (χ3v) is 6.12. The van der Waals surface area contributed by atoms with Crippen LogP contribution in [0.3, 0.4) is 0 Å². The molecule has 0 heterocycles. The number of benzene rings is 1. The summed E-state index contributed by atoms with van der Waals surface area (Å²) in [6.07, 6.45) is 4.68. The van der Waals surface area contributed by atoms with Crippen LogP contribution in [0.25, 0.3) is 0 Å². The van der Waals surface area contributed by atoms with E-state index in [1.54, 1.807) is 0 Å². The number of unbranched alkanes of at least 4 members (excludes halogenated alkanes) is 1. The molecule has 0 aromatic heterocycles. The highest BCUT2D eigenvalue weighted by molar-refractivity contribution is 6.13. The van der Waals surface area contributed by atoms with E-state index in [1.165, 1.54) is 12.8 Å². The average molecular weight is 373 g/mol. The monoisotopic (exact) mass is 373 g/mol. The lowest BCUT2D eigenvalue weighted by molar-refractivity contribution is -0.150. The number of rotatable bonds is 5. The number of carbonyl (C=O) groups is 3. The summed E-state index contributed by atoms with van der Waals surface area (Å²) in [5, 5.41) is 12.8. The topological polar surface area (TPSA) is 83.5 Å². The molecule has 0 bridgehead atoms. The zero-order valence-corrected chi connectivity index (χ0v) is 16.4. The zero-order chi connectivity index (χ0) is 19.9. The van der Waals surface area contributed by atoms with Crippen LogP contribution in [0.4, 0.5) is 0 Å². The summed E-state index contributed by atoms with van der Waals surface area (Å²) in [5.41, 5.74) is -1.08. The van der Waals surface area contributed by atoms with Gasteiger partial charge < -0.3 is 10.4 Å². The summed E-state index contributed by atoms with van der Waals surface area (Å²) in [6.45, 7) is 3.36. The number of aliphatic carboxylic acids is 1. The van der Waals surface area contributed by atoms with Gasteiger partial charge in [0.15, 0.2) is 0 Å². The molecule has 2 N–H and O–H groups in total. The van der Waals surface area contributed by atoms with E-state index in [0.717, 1.165) is 12.1 Å². The van der Waals surface area contributed by atoms with Crippen LogP contribution in [-0.4, -0.2) is 36.2 Å². The van der Waals surface area contributed by atoms with E-state index in [2.05, 4.69) is 12.2 Å². The Bertz CT molecular complexity index is 638. The molecular formula is C22H31NO4. The van der Waals surface area contributed by atoms with Crippen LogP contribution in [-0.2, 0) is 19.8 Å². The van der Waals surface area contributed by atoms with E-state index in [9.17, 15) is 19.5 Å². The van der Waals surface area contributed by atoms with Gasteiger partial charge in [0, 0.05) is 12.8 Å². The van der Waals surface area contributed by atoms with Crippen LogP contribution in [0.1, 0.15) is 63.9 Å². The van der Waals surface area contributed by atoms with Gasteiger partial charge in [-0.1, -0.05) is 43.7 Å². The number of ketones is 2. The van der Waals surface area contributed by atoms with Crippen molar-refractivity contribution in [1.29, 1.82) is 0 Å². The minimum Gasteiger partial charge on any atom is -0.481 e. The molecule has 2 aliphatic carbocycles. The summed E-state index contributed by atoms with van der Waals surface area (Å²) < 4.78 is 0. The van der Waals surface area contributed by atoms with E-state index in [-0.39, 0.29) is 11.6 Å². The molecule has 0 amide bonds. The molecule has 1 aromatic rings. The maximum absolute atomic E-state index is 12.1. The van der Waals surface area contributed by atoms with Gasteiger partial charge in [-0.15, -0.1) is 0 Å². The highest BCUT2D eigenvalue weighted by Gasteiger charge is 2.56. The number of hydrogen-bond donors (Lipinski definition) is 2. The maximum Gasteiger partial charge on any atom is 0.314 e. The Hall–Kier alpha value is -2.01. The van der Waals surface area contributed by atoms with E-state index < -0.39 is 16.8 Å². The fraction of sp³-hybridized carbons (Fsp3) is 0.591. The van der Waals surface area contributed by atoms with Gasteiger partial charge >= 0.3 is 5.97 Å². The standard InChI is InChI=1S/C17H18O4.C5H13N/c18-13-6-7-14(19)17(13)10-8-16(9-11-17,15(20)21)12-4-2-1-3-5-12;1-3-4-5-6-2/h1-5H,6-11H2,(H,20,21);6H,3-5H2,1-2H3. The van der Waals surface area contributed by atoms with E-state index >= 15 is 0 Å². The minimum absolute atomic E-state index is 0.0135. The first-order valence-electron chi connectivity index (χ1n) is 9.93. The molecule has 1 spiro atoms. The van der Waals surface area contributed by atoms with Crippen molar-refractivity contribution in [3.05, 3.63) is 35.9 Å². The van der Waals surface area contributed by atoms with Crippen molar-refractivity contribution < 1.29 is 19.5 Å². The Morgan fingerprint density at radius 1 is 1.04 bits per heavy atom. The Labute approximate surface area is 161 Å². The normalized spacial score (nSPS) is 20.2. The van der Waals surface area contributed by atoms with Crippen LogP contribution in [0, 0.1) is 5.41 Å². The summed E-state index contributed by atoms with van der Waals surface area (Å²) in [4.78, 5) is 36.1. The van der Waals surface area contributed by atoms with Crippen molar-refractivity contribution in [3.63, 3.8) is 0 Å². The van der Waals surface area contributed by atoms with Crippen LogP contribution in [0.5, 0.6) is 0 Å². The first-order valence-corrected chi connectivity index (χ1v) is 9.93. The summed E-state index contributed by atoms with van der Waals surface area (Å²) in [6, 6.07) is 9.16. The quantitative estimate of drug-likeness (QED) is 0.610. The van der Waals surface area contributed by atoms with Crippen LogP contribution >= 0.6 is 0 Å². The first-order chi connectivity index (χ1) is 12.9. The molecule has 148 valence electrons. The predicted octanol–water partition coefficient (Wildman–Crippen LogP) is 3.51. The molecule has 0 unspecified atom stereocenters. The minimum atomic E-state index is -0.963. The Morgan fingerprint density at radius 3 is 2.00 bits per heavy atom. The molecule has 0 radical (unpaired) electrons. The van der Waals surface area contributed by atoms with Crippen molar-refractivity contribution >= 4 is 17.5 Å². The van der Waals surface area contributed by atoms with E-state index in [0.29, 0.717) is 38.5 Å². The SMILES string of the molecule is CCCCNC.O=C1CCC(=O)C12CCC(C(=O)O)(c1ccccc1)CC2. The third kappa shape index (κ3) is 4.29. The molecular weight excluding hydrogens is 342 g/mol. The average Bonchev–Trinajstić information content (AvgIpc) is 2.96. The molecule has 2 saturated carbocycles. The van der Waals surface area contributed by atoms with Gasteiger partial charge in [-0.25, -0.2) is 0 Å². The summed E-state index contributed by atoms with van der Waals surface area (Å²) in [5.74, 6) is -0.833. The van der Waals surface area contributed by atoms with Crippen molar-refractivity contribution in [2.24, 2.45) is 5.41 Å². The fourth-order valence-corrected chi connectivity index (χ4v) is 4.26.